The number of carbonyl (C=O) groups excluding carboxylic acids is 2. The normalized spacial score (nSPS) is 10.7. The van der Waals surface area contributed by atoms with Crippen molar-refractivity contribution in [2.75, 3.05) is 11.9 Å². The summed E-state index contributed by atoms with van der Waals surface area (Å²) in [6, 6.07) is 7.06. The molecule has 8 heteroatoms. The lowest BCUT2D eigenvalue weighted by molar-refractivity contribution is 0.0529. The summed E-state index contributed by atoms with van der Waals surface area (Å²) in [4.78, 5) is 26.8. The van der Waals surface area contributed by atoms with Gasteiger partial charge < -0.3 is 14.5 Å². The molecule has 3 aromatic heterocycles. The van der Waals surface area contributed by atoms with Crippen LogP contribution in [0.1, 0.15) is 32.7 Å². The van der Waals surface area contributed by atoms with Crippen LogP contribution in [-0.2, 0) is 4.74 Å². The minimum Gasteiger partial charge on any atom is -0.462 e. The van der Waals surface area contributed by atoms with Crippen LogP contribution in [0, 0.1) is 6.92 Å². The number of carbonyl (C=O) groups is 2. The van der Waals surface area contributed by atoms with E-state index in [1.165, 1.54) is 22.7 Å². The van der Waals surface area contributed by atoms with Gasteiger partial charge in [0.25, 0.3) is 5.91 Å². The molecular weight excluding hydrogens is 426 g/mol. The second kappa shape index (κ2) is 7.55. The summed E-state index contributed by atoms with van der Waals surface area (Å²) >= 11 is 6.05. The van der Waals surface area contributed by atoms with Gasteiger partial charge in [-0.1, -0.05) is 6.07 Å². The van der Waals surface area contributed by atoms with E-state index in [-0.39, 0.29) is 12.4 Å². The van der Waals surface area contributed by atoms with Gasteiger partial charge in [-0.25, -0.2) is 4.79 Å². The van der Waals surface area contributed by atoms with E-state index in [9.17, 15) is 9.59 Å². The van der Waals surface area contributed by atoms with Crippen molar-refractivity contribution in [1.29, 1.82) is 0 Å². The number of esters is 1. The summed E-state index contributed by atoms with van der Waals surface area (Å²) in [6.07, 6.45) is 0. The Bertz CT molecular complexity index is 911. The van der Waals surface area contributed by atoms with Gasteiger partial charge in [0.15, 0.2) is 10.4 Å². The van der Waals surface area contributed by atoms with Crippen LogP contribution in [0.3, 0.4) is 0 Å². The maximum Gasteiger partial charge on any atom is 0.341 e. The molecule has 3 aromatic rings. The van der Waals surface area contributed by atoms with Gasteiger partial charge >= 0.3 is 5.97 Å². The average molecular weight is 440 g/mol. The van der Waals surface area contributed by atoms with Crippen LogP contribution in [0.25, 0.3) is 10.4 Å². The second-order valence-corrected chi connectivity index (χ2v) is 7.95. The molecule has 0 saturated heterocycles. The highest BCUT2D eigenvalue weighted by molar-refractivity contribution is 9.10. The quantitative estimate of drug-likeness (QED) is 0.527. The van der Waals surface area contributed by atoms with Crippen LogP contribution in [0.15, 0.2) is 38.7 Å². The topological polar surface area (TPSA) is 68.5 Å². The van der Waals surface area contributed by atoms with Gasteiger partial charge in [0, 0.05) is 15.3 Å². The minimum atomic E-state index is -0.453. The molecule has 1 N–H and O–H groups in total. The SMILES string of the molecule is CCOC(=O)c1c(NC(=O)c2ccc(Br)o2)sc(C)c1-c1cccs1. The molecule has 0 atom stereocenters. The molecule has 0 aromatic carbocycles. The minimum absolute atomic E-state index is 0.158. The van der Waals surface area contributed by atoms with Crippen molar-refractivity contribution >= 4 is 55.5 Å². The molecule has 3 heterocycles. The van der Waals surface area contributed by atoms with Crippen molar-refractivity contribution < 1.29 is 18.7 Å². The molecule has 0 bridgehead atoms. The Morgan fingerprint density at radius 2 is 2.12 bits per heavy atom. The number of rotatable bonds is 5. The van der Waals surface area contributed by atoms with E-state index >= 15 is 0 Å². The number of aryl methyl sites for hydroxylation is 1. The predicted octanol–water partition coefficient (Wildman–Crippen LogP) is 5.57. The lowest BCUT2D eigenvalue weighted by Gasteiger charge is -2.07. The Morgan fingerprint density at radius 3 is 2.72 bits per heavy atom. The van der Waals surface area contributed by atoms with Crippen molar-refractivity contribution in [3.8, 4) is 10.4 Å². The van der Waals surface area contributed by atoms with Crippen LogP contribution in [-0.4, -0.2) is 18.5 Å². The van der Waals surface area contributed by atoms with Crippen LogP contribution in [0.2, 0.25) is 0 Å². The van der Waals surface area contributed by atoms with Gasteiger partial charge in [0.05, 0.1) is 6.61 Å². The largest absolute Gasteiger partial charge is 0.462 e. The van der Waals surface area contributed by atoms with Crippen LogP contribution >= 0.6 is 38.6 Å². The highest BCUT2D eigenvalue weighted by atomic mass is 79.9. The molecule has 0 radical (unpaired) electrons. The Morgan fingerprint density at radius 1 is 1.32 bits per heavy atom. The Balaban J connectivity index is 2.02. The smallest absolute Gasteiger partial charge is 0.341 e. The number of halogens is 1. The Hall–Kier alpha value is -1.90. The molecule has 0 saturated carbocycles. The fraction of sp³-hybridized carbons (Fsp3) is 0.176. The first kappa shape index (κ1) is 17.9. The van der Waals surface area contributed by atoms with Crippen LogP contribution in [0.5, 0.6) is 0 Å². The van der Waals surface area contributed by atoms with Crippen LogP contribution in [0.4, 0.5) is 5.00 Å². The van der Waals surface area contributed by atoms with Crippen molar-refractivity contribution in [2.24, 2.45) is 0 Å². The molecule has 130 valence electrons. The van der Waals surface area contributed by atoms with Gasteiger partial charge in [-0.3, -0.25) is 4.79 Å². The van der Waals surface area contributed by atoms with Crippen molar-refractivity contribution in [3.63, 3.8) is 0 Å². The van der Waals surface area contributed by atoms with E-state index in [1.54, 1.807) is 19.1 Å². The zero-order valence-electron chi connectivity index (χ0n) is 13.4. The summed E-state index contributed by atoms with van der Waals surface area (Å²) in [5.74, 6) is -0.716. The fourth-order valence-electron chi connectivity index (χ4n) is 2.35. The molecular formula is C17H14BrNO4S2. The number of amides is 1. The summed E-state index contributed by atoms with van der Waals surface area (Å²) < 4.78 is 10.9. The van der Waals surface area contributed by atoms with Crippen molar-refractivity contribution in [1.82, 2.24) is 0 Å². The zero-order chi connectivity index (χ0) is 18.0. The molecule has 5 nitrogen and oxygen atoms in total. The first-order valence-corrected chi connectivity index (χ1v) is 9.91. The maximum atomic E-state index is 12.5. The molecule has 0 spiro atoms. The molecule has 0 aliphatic rings. The number of ether oxygens (including phenoxy) is 1. The number of furan rings is 1. The summed E-state index contributed by atoms with van der Waals surface area (Å²) in [5.41, 5.74) is 1.18. The van der Waals surface area contributed by atoms with E-state index in [1.807, 2.05) is 24.4 Å². The number of thiophene rings is 2. The fourth-order valence-corrected chi connectivity index (χ4v) is 4.61. The van der Waals surface area contributed by atoms with E-state index < -0.39 is 11.9 Å². The van der Waals surface area contributed by atoms with Gasteiger partial charge in [0.1, 0.15) is 10.6 Å². The third kappa shape index (κ3) is 3.70. The molecule has 25 heavy (non-hydrogen) atoms. The third-order valence-corrected chi connectivity index (χ3v) is 5.69. The van der Waals surface area contributed by atoms with E-state index in [2.05, 4.69) is 21.2 Å². The van der Waals surface area contributed by atoms with Crippen LogP contribution < -0.4 is 5.32 Å². The standard InChI is InChI=1S/C17H14BrNO4S2/c1-3-22-17(21)14-13(11-5-4-8-24-11)9(2)25-16(14)19-15(20)10-6-7-12(18)23-10/h4-8H,3H2,1-2H3,(H,19,20). The lowest BCUT2D eigenvalue weighted by atomic mass is 10.1. The summed E-state index contributed by atoms with van der Waals surface area (Å²) in [6.45, 7) is 3.93. The Kier molecular flexibility index (Phi) is 5.41. The van der Waals surface area contributed by atoms with E-state index in [0.29, 0.717) is 15.2 Å². The third-order valence-electron chi connectivity index (χ3n) is 3.36. The first-order valence-electron chi connectivity index (χ1n) is 7.42. The number of anilines is 1. The number of hydrogen-bond acceptors (Lipinski definition) is 6. The van der Waals surface area contributed by atoms with E-state index in [4.69, 9.17) is 9.15 Å². The molecule has 0 unspecified atom stereocenters. The average Bonchev–Trinajstić information content (AvgIpc) is 3.27. The number of hydrogen-bond donors (Lipinski definition) is 1. The highest BCUT2D eigenvalue weighted by Gasteiger charge is 2.26. The molecule has 0 aliphatic heterocycles. The maximum absolute atomic E-state index is 12.5. The molecule has 3 rings (SSSR count). The van der Waals surface area contributed by atoms with Gasteiger partial charge in [-0.15, -0.1) is 22.7 Å². The van der Waals surface area contributed by atoms with Crippen molar-refractivity contribution in [3.05, 3.63) is 50.5 Å². The predicted molar refractivity (Wildman–Crippen MR) is 103 cm³/mol. The monoisotopic (exact) mass is 439 g/mol. The van der Waals surface area contributed by atoms with Gasteiger partial charge in [-0.2, -0.15) is 0 Å². The first-order chi connectivity index (χ1) is 12.0. The molecule has 0 aliphatic carbocycles. The van der Waals surface area contributed by atoms with Gasteiger partial charge in [-0.05, 0) is 53.4 Å². The van der Waals surface area contributed by atoms with Gasteiger partial charge in [0.2, 0.25) is 0 Å². The number of nitrogens with one attached hydrogen (secondary N) is 1. The molecule has 1 amide bonds. The Labute approximate surface area is 160 Å². The van der Waals surface area contributed by atoms with E-state index in [0.717, 1.165) is 15.3 Å². The zero-order valence-corrected chi connectivity index (χ0v) is 16.6. The summed E-state index contributed by atoms with van der Waals surface area (Å²) in [7, 11) is 0. The highest BCUT2D eigenvalue weighted by Crippen LogP contribution is 2.42. The molecule has 0 fully saturated rings. The lowest BCUT2D eigenvalue weighted by Crippen LogP contribution is -2.14. The second-order valence-electron chi connectivity index (χ2n) is 4.99. The van der Waals surface area contributed by atoms with Crippen molar-refractivity contribution in [2.45, 2.75) is 13.8 Å². The summed E-state index contributed by atoms with van der Waals surface area (Å²) in [5, 5.41) is 5.17.